The quantitative estimate of drug-likeness (QED) is 0.878. The summed E-state index contributed by atoms with van der Waals surface area (Å²) >= 11 is 1.75. The molecule has 4 heteroatoms. The van der Waals surface area contributed by atoms with Gasteiger partial charge in [-0.2, -0.15) is 0 Å². The van der Waals surface area contributed by atoms with Gasteiger partial charge in [0.1, 0.15) is 5.01 Å². The number of hydrogen-bond donors (Lipinski definition) is 1. The Hall–Kier alpha value is -0.450. The summed E-state index contributed by atoms with van der Waals surface area (Å²) in [6.07, 6.45) is 2.51. The molecule has 1 aliphatic heterocycles. The van der Waals surface area contributed by atoms with Crippen LogP contribution in [0.1, 0.15) is 49.4 Å². The summed E-state index contributed by atoms with van der Waals surface area (Å²) in [6, 6.07) is 0.523. The lowest BCUT2D eigenvalue weighted by atomic mass is 10.1. The molecule has 0 spiro atoms. The first-order chi connectivity index (χ1) is 7.76. The molecular formula is C12H20N2OS. The molecule has 0 saturated carbocycles. The van der Waals surface area contributed by atoms with E-state index in [9.17, 15) is 0 Å². The first kappa shape index (κ1) is 12.0. The van der Waals surface area contributed by atoms with E-state index in [-0.39, 0.29) is 12.5 Å². The van der Waals surface area contributed by atoms with Gasteiger partial charge in [-0.1, -0.05) is 13.8 Å². The van der Waals surface area contributed by atoms with Crippen LogP contribution in [0.25, 0.3) is 0 Å². The van der Waals surface area contributed by atoms with Gasteiger partial charge in [-0.25, -0.2) is 4.98 Å². The SMILES string of the molecule is CCN1CCCC1c1nc(C(C)CO)cs1. The monoisotopic (exact) mass is 240 g/mol. The van der Waals surface area contributed by atoms with Gasteiger partial charge >= 0.3 is 0 Å². The lowest BCUT2D eigenvalue weighted by molar-refractivity contribution is 0.265. The summed E-state index contributed by atoms with van der Waals surface area (Å²) in [4.78, 5) is 7.17. The maximum Gasteiger partial charge on any atom is 0.110 e. The van der Waals surface area contributed by atoms with Crippen molar-refractivity contribution < 1.29 is 5.11 Å². The van der Waals surface area contributed by atoms with Crippen molar-refractivity contribution in [2.24, 2.45) is 0 Å². The van der Waals surface area contributed by atoms with Gasteiger partial charge in [-0.3, -0.25) is 4.90 Å². The Morgan fingerprint density at radius 2 is 2.50 bits per heavy atom. The zero-order valence-electron chi connectivity index (χ0n) is 10.0. The Bertz CT molecular complexity index is 340. The molecule has 2 atom stereocenters. The molecule has 1 aliphatic rings. The van der Waals surface area contributed by atoms with Gasteiger partial charge in [0.25, 0.3) is 0 Å². The molecule has 16 heavy (non-hydrogen) atoms. The Balaban J connectivity index is 2.12. The van der Waals surface area contributed by atoms with Gasteiger partial charge in [0, 0.05) is 11.3 Å². The number of aliphatic hydroxyl groups is 1. The Kier molecular flexibility index (Phi) is 3.95. The molecule has 1 fully saturated rings. The van der Waals surface area contributed by atoms with Crippen molar-refractivity contribution in [2.45, 2.75) is 38.6 Å². The van der Waals surface area contributed by atoms with E-state index in [1.165, 1.54) is 24.4 Å². The van der Waals surface area contributed by atoms with E-state index in [0.717, 1.165) is 12.2 Å². The second kappa shape index (κ2) is 5.25. The van der Waals surface area contributed by atoms with E-state index in [1.54, 1.807) is 11.3 Å². The molecule has 1 aromatic rings. The van der Waals surface area contributed by atoms with Crippen LogP contribution in [0, 0.1) is 0 Å². The van der Waals surface area contributed by atoms with Crippen LogP contribution in [0.3, 0.4) is 0 Å². The fourth-order valence-electron chi connectivity index (χ4n) is 2.26. The van der Waals surface area contributed by atoms with Crippen molar-refractivity contribution in [3.63, 3.8) is 0 Å². The van der Waals surface area contributed by atoms with Crippen molar-refractivity contribution in [1.29, 1.82) is 0 Å². The average molecular weight is 240 g/mol. The molecule has 2 heterocycles. The molecule has 2 unspecified atom stereocenters. The van der Waals surface area contributed by atoms with Crippen molar-refractivity contribution in [1.82, 2.24) is 9.88 Å². The van der Waals surface area contributed by atoms with Gasteiger partial charge in [-0.05, 0) is 25.9 Å². The standard InChI is InChI=1S/C12H20N2OS/c1-3-14-6-4-5-11(14)12-13-10(8-16-12)9(2)7-15/h8-9,11,15H,3-7H2,1-2H3. The van der Waals surface area contributed by atoms with Crippen LogP contribution in [0.5, 0.6) is 0 Å². The number of hydrogen-bond acceptors (Lipinski definition) is 4. The lowest BCUT2D eigenvalue weighted by Crippen LogP contribution is -2.22. The van der Waals surface area contributed by atoms with E-state index in [0.29, 0.717) is 6.04 Å². The van der Waals surface area contributed by atoms with Crippen molar-refractivity contribution in [3.8, 4) is 0 Å². The number of aromatic nitrogens is 1. The van der Waals surface area contributed by atoms with Gasteiger partial charge in [0.2, 0.25) is 0 Å². The zero-order chi connectivity index (χ0) is 11.5. The number of nitrogens with zero attached hydrogens (tertiary/aromatic N) is 2. The van der Waals surface area contributed by atoms with Crippen LogP contribution in [-0.4, -0.2) is 34.7 Å². The van der Waals surface area contributed by atoms with Gasteiger partial charge in [0.05, 0.1) is 18.3 Å². The van der Waals surface area contributed by atoms with Crippen LogP contribution >= 0.6 is 11.3 Å². The third kappa shape index (κ3) is 2.29. The molecule has 0 aliphatic carbocycles. The first-order valence-corrected chi connectivity index (χ1v) is 6.94. The van der Waals surface area contributed by atoms with Crippen LogP contribution in [0.15, 0.2) is 5.38 Å². The van der Waals surface area contributed by atoms with Crippen LogP contribution in [0.2, 0.25) is 0 Å². The highest BCUT2D eigenvalue weighted by molar-refractivity contribution is 7.09. The Labute approximate surface area is 101 Å². The van der Waals surface area contributed by atoms with E-state index in [1.807, 2.05) is 6.92 Å². The molecule has 1 saturated heterocycles. The van der Waals surface area contributed by atoms with Gasteiger partial charge < -0.3 is 5.11 Å². The molecule has 0 bridgehead atoms. The molecule has 1 N–H and O–H groups in total. The van der Waals surface area contributed by atoms with Crippen LogP contribution in [-0.2, 0) is 0 Å². The number of aliphatic hydroxyl groups excluding tert-OH is 1. The number of likely N-dealkylation sites (tertiary alicyclic amines) is 1. The molecule has 1 aromatic heterocycles. The largest absolute Gasteiger partial charge is 0.396 e. The van der Waals surface area contributed by atoms with E-state index in [4.69, 9.17) is 5.11 Å². The third-order valence-corrected chi connectivity index (χ3v) is 4.34. The van der Waals surface area contributed by atoms with Crippen LogP contribution in [0.4, 0.5) is 0 Å². The summed E-state index contributed by atoms with van der Waals surface area (Å²) in [7, 11) is 0. The second-order valence-corrected chi connectivity index (χ2v) is 5.37. The minimum atomic E-state index is 0.168. The summed E-state index contributed by atoms with van der Waals surface area (Å²) in [6.45, 7) is 6.72. The average Bonchev–Trinajstić information content (AvgIpc) is 2.95. The third-order valence-electron chi connectivity index (χ3n) is 3.37. The summed E-state index contributed by atoms with van der Waals surface area (Å²) < 4.78 is 0. The van der Waals surface area contributed by atoms with Crippen molar-refractivity contribution in [3.05, 3.63) is 16.1 Å². The Morgan fingerprint density at radius 1 is 1.69 bits per heavy atom. The summed E-state index contributed by atoms with van der Waals surface area (Å²) in [5.74, 6) is 0.168. The zero-order valence-corrected chi connectivity index (χ0v) is 10.8. The van der Waals surface area contributed by atoms with E-state index in [2.05, 4.69) is 22.2 Å². The topological polar surface area (TPSA) is 36.4 Å². The first-order valence-electron chi connectivity index (χ1n) is 6.06. The summed E-state index contributed by atoms with van der Waals surface area (Å²) in [5.41, 5.74) is 1.05. The minimum Gasteiger partial charge on any atom is -0.396 e. The maximum atomic E-state index is 9.12. The molecule has 2 rings (SSSR count). The highest BCUT2D eigenvalue weighted by Crippen LogP contribution is 2.34. The smallest absolute Gasteiger partial charge is 0.110 e. The van der Waals surface area contributed by atoms with Crippen molar-refractivity contribution in [2.75, 3.05) is 19.7 Å². The van der Waals surface area contributed by atoms with Gasteiger partial charge in [-0.15, -0.1) is 11.3 Å². The van der Waals surface area contributed by atoms with Gasteiger partial charge in [0.15, 0.2) is 0 Å². The van der Waals surface area contributed by atoms with E-state index < -0.39 is 0 Å². The molecule has 3 nitrogen and oxygen atoms in total. The fraction of sp³-hybridized carbons (Fsp3) is 0.750. The predicted octanol–water partition coefficient (Wildman–Crippen LogP) is 2.40. The number of thiazole rings is 1. The van der Waals surface area contributed by atoms with E-state index >= 15 is 0 Å². The fourth-order valence-corrected chi connectivity index (χ4v) is 3.37. The summed E-state index contributed by atoms with van der Waals surface area (Å²) in [5, 5.41) is 12.4. The molecule has 0 aromatic carbocycles. The molecule has 0 radical (unpaired) electrons. The maximum absolute atomic E-state index is 9.12. The normalized spacial score (nSPS) is 23.8. The highest BCUT2D eigenvalue weighted by atomic mass is 32.1. The predicted molar refractivity (Wildman–Crippen MR) is 66.8 cm³/mol. The minimum absolute atomic E-state index is 0.168. The molecular weight excluding hydrogens is 220 g/mol. The number of rotatable bonds is 4. The molecule has 90 valence electrons. The Morgan fingerprint density at radius 3 is 3.19 bits per heavy atom. The van der Waals surface area contributed by atoms with Crippen LogP contribution < -0.4 is 0 Å². The van der Waals surface area contributed by atoms with Crippen molar-refractivity contribution >= 4 is 11.3 Å². The molecule has 0 amide bonds. The lowest BCUT2D eigenvalue weighted by Gasteiger charge is -2.20. The second-order valence-electron chi connectivity index (χ2n) is 4.48. The highest BCUT2D eigenvalue weighted by Gasteiger charge is 2.27.